The lowest BCUT2D eigenvalue weighted by molar-refractivity contribution is 0.240. The van der Waals surface area contributed by atoms with Crippen molar-refractivity contribution >= 4 is 0 Å². The normalized spacial score (nSPS) is 27.2. The van der Waals surface area contributed by atoms with Gasteiger partial charge in [0.1, 0.15) is 0 Å². The molecule has 1 fully saturated rings. The quantitative estimate of drug-likeness (QED) is 0.753. The number of rotatable bonds is 4. The second kappa shape index (κ2) is 3.87. The lowest BCUT2D eigenvalue weighted by Crippen LogP contribution is -2.40. The van der Waals surface area contributed by atoms with Crippen molar-refractivity contribution in [1.29, 1.82) is 0 Å². The summed E-state index contributed by atoms with van der Waals surface area (Å²) in [6.07, 6.45) is 4.90. The summed E-state index contributed by atoms with van der Waals surface area (Å²) in [5.74, 6) is 1.63. The van der Waals surface area contributed by atoms with Gasteiger partial charge in [-0.1, -0.05) is 12.1 Å². The van der Waals surface area contributed by atoms with Gasteiger partial charge < -0.3 is 9.84 Å². The molecule has 0 aromatic carbocycles. The van der Waals surface area contributed by atoms with E-state index < -0.39 is 0 Å². The van der Waals surface area contributed by atoms with E-state index >= 15 is 0 Å². The maximum atomic E-state index is 4.89. The minimum absolute atomic E-state index is 0.720. The van der Waals surface area contributed by atoms with E-state index in [0.717, 1.165) is 30.8 Å². The molecule has 0 aliphatic heterocycles. The van der Waals surface area contributed by atoms with Crippen molar-refractivity contribution in [2.75, 3.05) is 6.54 Å². The average Bonchev–Trinajstić information content (AvgIpc) is 2.53. The molecule has 1 aromatic rings. The van der Waals surface area contributed by atoms with Crippen molar-refractivity contribution in [2.24, 2.45) is 5.92 Å². The highest BCUT2D eigenvalue weighted by atomic mass is 16.5. The largest absolute Gasteiger partial charge is 0.340 e. The van der Waals surface area contributed by atoms with Gasteiger partial charge in [-0.2, -0.15) is 4.98 Å². The molecule has 0 atom stereocenters. The minimum Gasteiger partial charge on any atom is -0.340 e. The van der Waals surface area contributed by atoms with Crippen LogP contribution >= 0.6 is 0 Å². The lowest BCUT2D eigenvalue weighted by Gasteiger charge is -2.33. The van der Waals surface area contributed by atoms with E-state index in [1.165, 1.54) is 19.2 Å². The minimum atomic E-state index is 0.720. The number of nitrogens with one attached hydrogen (secondary N) is 1. The maximum absolute atomic E-state index is 4.89. The SMILES string of the molecule is CC1CC(NCCc2ncno2)C1. The standard InChI is InChI=1S/C9H15N3O/c1-7-4-8(5-7)10-3-2-9-11-6-12-13-9/h6-8,10H,2-5H2,1H3. The molecule has 4 nitrogen and oxygen atoms in total. The molecule has 2 rings (SSSR count). The van der Waals surface area contributed by atoms with Gasteiger partial charge in [-0.3, -0.25) is 0 Å². The van der Waals surface area contributed by atoms with Crippen LogP contribution in [0.1, 0.15) is 25.7 Å². The van der Waals surface area contributed by atoms with Gasteiger partial charge in [-0.15, -0.1) is 0 Å². The summed E-state index contributed by atoms with van der Waals surface area (Å²) in [5, 5.41) is 7.01. The molecule has 1 heterocycles. The predicted molar refractivity (Wildman–Crippen MR) is 48.2 cm³/mol. The van der Waals surface area contributed by atoms with Crippen molar-refractivity contribution in [1.82, 2.24) is 15.5 Å². The third-order valence-corrected chi connectivity index (χ3v) is 2.55. The first kappa shape index (κ1) is 8.69. The van der Waals surface area contributed by atoms with Gasteiger partial charge in [0.15, 0.2) is 6.33 Å². The van der Waals surface area contributed by atoms with Crippen LogP contribution in [0.3, 0.4) is 0 Å². The Morgan fingerprint density at radius 3 is 3.08 bits per heavy atom. The Bertz CT molecular complexity index is 241. The van der Waals surface area contributed by atoms with Crippen LogP contribution in [0.5, 0.6) is 0 Å². The van der Waals surface area contributed by atoms with Crippen LogP contribution in [0.25, 0.3) is 0 Å². The maximum Gasteiger partial charge on any atom is 0.227 e. The first-order valence-electron chi connectivity index (χ1n) is 4.83. The van der Waals surface area contributed by atoms with Crippen LogP contribution < -0.4 is 5.32 Å². The third-order valence-electron chi connectivity index (χ3n) is 2.55. The van der Waals surface area contributed by atoms with Crippen molar-refractivity contribution in [3.8, 4) is 0 Å². The molecule has 1 saturated carbocycles. The summed E-state index contributed by atoms with van der Waals surface area (Å²) in [6.45, 7) is 3.23. The van der Waals surface area contributed by atoms with E-state index in [2.05, 4.69) is 22.4 Å². The Morgan fingerprint density at radius 2 is 2.46 bits per heavy atom. The first-order valence-corrected chi connectivity index (χ1v) is 4.83. The Hall–Kier alpha value is -0.900. The number of aromatic nitrogens is 2. The number of nitrogens with zero attached hydrogens (tertiary/aromatic N) is 2. The highest BCUT2D eigenvalue weighted by molar-refractivity contribution is 4.84. The van der Waals surface area contributed by atoms with Gasteiger partial charge in [0.2, 0.25) is 5.89 Å². The summed E-state index contributed by atoms with van der Waals surface area (Å²) < 4.78 is 4.89. The van der Waals surface area contributed by atoms with E-state index in [1.54, 1.807) is 0 Å². The van der Waals surface area contributed by atoms with Crippen LogP contribution in [0.15, 0.2) is 10.9 Å². The Labute approximate surface area is 77.7 Å². The topological polar surface area (TPSA) is 51.0 Å². The zero-order chi connectivity index (χ0) is 9.10. The van der Waals surface area contributed by atoms with Crippen molar-refractivity contribution < 1.29 is 4.52 Å². The molecule has 1 aliphatic carbocycles. The summed E-state index contributed by atoms with van der Waals surface area (Å²) in [5.41, 5.74) is 0. The summed E-state index contributed by atoms with van der Waals surface area (Å²) in [4.78, 5) is 3.95. The molecule has 0 unspecified atom stereocenters. The fourth-order valence-corrected chi connectivity index (χ4v) is 1.76. The van der Waals surface area contributed by atoms with Gasteiger partial charge in [0.25, 0.3) is 0 Å². The first-order chi connectivity index (χ1) is 6.34. The molecule has 0 radical (unpaired) electrons. The van der Waals surface area contributed by atoms with Crippen LogP contribution in [0.2, 0.25) is 0 Å². The molecule has 0 spiro atoms. The smallest absolute Gasteiger partial charge is 0.227 e. The highest BCUT2D eigenvalue weighted by Gasteiger charge is 2.24. The Morgan fingerprint density at radius 1 is 1.62 bits per heavy atom. The van der Waals surface area contributed by atoms with Gasteiger partial charge in [0, 0.05) is 19.0 Å². The van der Waals surface area contributed by atoms with Crippen molar-refractivity contribution in [3.05, 3.63) is 12.2 Å². The fraction of sp³-hybridized carbons (Fsp3) is 0.778. The second-order valence-corrected chi connectivity index (χ2v) is 3.81. The highest BCUT2D eigenvalue weighted by Crippen LogP contribution is 2.25. The third kappa shape index (κ3) is 2.28. The molecule has 72 valence electrons. The second-order valence-electron chi connectivity index (χ2n) is 3.81. The van der Waals surface area contributed by atoms with E-state index in [9.17, 15) is 0 Å². The van der Waals surface area contributed by atoms with Gasteiger partial charge >= 0.3 is 0 Å². The number of hydrogen-bond donors (Lipinski definition) is 1. The molecule has 1 aliphatic rings. The molecular formula is C9H15N3O. The molecule has 13 heavy (non-hydrogen) atoms. The van der Waals surface area contributed by atoms with Gasteiger partial charge in [0.05, 0.1) is 0 Å². The van der Waals surface area contributed by atoms with Crippen molar-refractivity contribution in [2.45, 2.75) is 32.2 Å². The molecule has 1 aromatic heterocycles. The van der Waals surface area contributed by atoms with Crippen molar-refractivity contribution in [3.63, 3.8) is 0 Å². The van der Waals surface area contributed by atoms with Crippen LogP contribution in [-0.2, 0) is 6.42 Å². The Balaban J connectivity index is 1.59. The molecule has 0 saturated heterocycles. The molecular weight excluding hydrogens is 166 g/mol. The molecule has 4 heteroatoms. The predicted octanol–water partition coefficient (Wildman–Crippen LogP) is 1.00. The fourth-order valence-electron chi connectivity index (χ4n) is 1.76. The molecule has 1 N–H and O–H groups in total. The lowest BCUT2D eigenvalue weighted by atomic mass is 9.82. The monoisotopic (exact) mass is 181 g/mol. The zero-order valence-electron chi connectivity index (χ0n) is 7.86. The molecule has 0 bridgehead atoms. The van der Waals surface area contributed by atoms with Crippen LogP contribution in [0, 0.1) is 5.92 Å². The van der Waals surface area contributed by atoms with Crippen LogP contribution in [0.4, 0.5) is 0 Å². The molecule has 0 amide bonds. The Kier molecular flexibility index (Phi) is 2.59. The van der Waals surface area contributed by atoms with Crippen LogP contribution in [-0.4, -0.2) is 22.7 Å². The average molecular weight is 181 g/mol. The van der Waals surface area contributed by atoms with E-state index in [4.69, 9.17) is 4.52 Å². The summed E-state index contributed by atoms with van der Waals surface area (Å²) in [7, 11) is 0. The van der Waals surface area contributed by atoms with E-state index in [0.29, 0.717) is 0 Å². The summed E-state index contributed by atoms with van der Waals surface area (Å²) in [6, 6.07) is 0.720. The zero-order valence-corrected chi connectivity index (χ0v) is 7.86. The van der Waals surface area contributed by atoms with E-state index in [-0.39, 0.29) is 0 Å². The number of hydrogen-bond acceptors (Lipinski definition) is 4. The van der Waals surface area contributed by atoms with Gasteiger partial charge in [-0.25, -0.2) is 0 Å². The van der Waals surface area contributed by atoms with Gasteiger partial charge in [-0.05, 0) is 18.8 Å². The summed E-state index contributed by atoms with van der Waals surface area (Å²) >= 11 is 0. The van der Waals surface area contributed by atoms with E-state index in [1.807, 2.05) is 0 Å².